The number of aryl methyl sites for hydroxylation is 1. The molecule has 0 atom stereocenters. The molecule has 1 aromatic heterocycles. The van der Waals surface area contributed by atoms with Crippen LogP contribution in [-0.4, -0.2) is 25.0 Å². The maximum Gasteiger partial charge on any atom is 0.232 e. The highest BCUT2D eigenvalue weighted by Crippen LogP contribution is 2.17. The van der Waals surface area contributed by atoms with Crippen molar-refractivity contribution in [2.75, 3.05) is 16.4 Å². The van der Waals surface area contributed by atoms with E-state index in [4.69, 9.17) is 23.2 Å². The smallest absolute Gasteiger partial charge is 0.232 e. The van der Waals surface area contributed by atoms with Crippen molar-refractivity contribution >= 4 is 38.9 Å². The van der Waals surface area contributed by atoms with E-state index in [9.17, 15) is 8.42 Å². The minimum absolute atomic E-state index is 0.00181. The Bertz CT molecular complexity index is 463. The van der Waals surface area contributed by atoms with E-state index in [0.29, 0.717) is 23.1 Å². The second-order valence-corrected chi connectivity index (χ2v) is 5.87. The lowest BCUT2D eigenvalue weighted by atomic mass is 10.3. The van der Waals surface area contributed by atoms with Crippen LogP contribution in [0.3, 0.4) is 0 Å². The van der Waals surface area contributed by atoms with E-state index in [1.165, 1.54) is 6.20 Å². The summed E-state index contributed by atoms with van der Waals surface area (Å²) in [5.41, 5.74) is 1.13. The molecule has 90 valence electrons. The monoisotopic (exact) mass is 282 g/mol. The Hall–Kier alpha value is -0.520. The lowest BCUT2D eigenvalue weighted by Gasteiger charge is -2.07. The molecule has 0 aliphatic heterocycles. The van der Waals surface area contributed by atoms with Gasteiger partial charge >= 0.3 is 0 Å². The highest BCUT2D eigenvalue weighted by atomic mass is 35.5. The molecule has 0 spiro atoms. The molecule has 0 aromatic carbocycles. The molecule has 4 nitrogen and oxygen atoms in total. The first-order valence-electron chi connectivity index (χ1n) is 4.63. The number of alkyl halides is 1. The summed E-state index contributed by atoms with van der Waals surface area (Å²) in [6, 6.07) is 1.63. The van der Waals surface area contributed by atoms with E-state index in [1.807, 2.05) is 0 Å². The average molecular weight is 283 g/mol. The van der Waals surface area contributed by atoms with Crippen LogP contribution in [0.25, 0.3) is 0 Å². The van der Waals surface area contributed by atoms with Crippen LogP contribution in [0.4, 0.5) is 5.69 Å². The van der Waals surface area contributed by atoms with Crippen LogP contribution in [0.2, 0.25) is 5.15 Å². The molecule has 1 heterocycles. The summed E-state index contributed by atoms with van der Waals surface area (Å²) >= 11 is 11.2. The Morgan fingerprint density at radius 3 is 2.75 bits per heavy atom. The van der Waals surface area contributed by atoms with Gasteiger partial charge in [-0.05, 0) is 25.0 Å². The fraction of sp³-hybridized carbons (Fsp3) is 0.444. The number of anilines is 1. The zero-order chi connectivity index (χ0) is 12.2. The number of nitrogens with zero attached hydrogens (tertiary/aromatic N) is 1. The van der Waals surface area contributed by atoms with Crippen molar-refractivity contribution in [1.82, 2.24) is 4.98 Å². The molecular weight excluding hydrogens is 271 g/mol. The van der Waals surface area contributed by atoms with Crippen molar-refractivity contribution in [3.63, 3.8) is 0 Å². The molecule has 0 aliphatic rings. The Kier molecular flexibility index (Phi) is 4.83. The van der Waals surface area contributed by atoms with E-state index in [0.717, 1.165) is 5.56 Å². The first-order valence-corrected chi connectivity index (χ1v) is 7.19. The van der Waals surface area contributed by atoms with Gasteiger partial charge in [-0.2, -0.15) is 0 Å². The number of sulfonamides is 1. The van der Waals surface area contributed by atoms with Crippen LogP contribution in [0.15, 0.2) is 12.3 Å². The minimum atomic E-state index is -3.34. The maximum absolute atomic E-state index is 11.5. The predicted octanol–water partition coefficient (Wildman–Crippen LogP) is 2.41. The highest BCUT2D eigenvalue weighted by Gasteiger charge is 2.10. The van der Waals surface area contributed by atoms with Crippen molar-refractivity contribution in [2.24, 2.45) is 0 Å². The molecule has 1 rings (SSSR count). The topological polar surface area (TPSA) is 59.1 Å². The van der Waals surface area contributed by atoms with Gasteiger partial charge in [0.15, 0.2) is 0 Å². The minimum Gasteiger partial charge on any atom is -0.282 e. The highest BCUT2D eigenvalue weighted by molar-refractivity contribution is 7.92. The molecule has 16 heavy (non-hydrogen) atoms. The van der Waals surface area contributed by atoms with Gasteiger partial charge in [0.2, 0.25) is 10.0 Å². The molecule has 0 aliphatic carbocycles. The first-order chi connectivity index (χ1) is 7.44. The van der Waals surface area contributed by atoms with E-state index in [1.54, 1.807) is 13.0 Å². The van der Waals surface area contributed by atoms with Crippen LogP contribution >= 0.6 is 23.2 Å². The largest absolute Gasteiger partial charge is 0.282 e. The Morgan fingerprint density at radius 2 is 2.19 bits per heavy atom. The summed E-state index contributed by atoms with van der Waals surface area (Å²) in [6.07, 6.45) is 1.80. The van der Waals surface area contributed by atoms with Crippen molar-refractivity contribution in [3.05, 3.63) is 23.0 Å². The third kappa shape index (κ3) is 4.15. The number of aromatic nitrogens is 1. The Balaban J connectivity index is 2.76. The van der Waals surface area contributed by atoms with Gasteiger partial charge < -0.3 is 0 Å². The second kappa shape index (κ2) is 5.70. The molecule has 0 amide bonds. The van der Waals surface area contributed by atoms with Gasteiger partial charge in [-0.1, -0.05) is 11.6 Å². The SMILES string of the molecule is Cc1cc(NS(=O)(=O)CCCCl)cnc1Cl. The van der Waals surface area contributed by atoms with Gasteiger partial charge in [0, 0.05) is 5.88 Å². The number of pyridine rings is 1. The van der Waals surface area contributed by atoms with Crippen LogP contribution < -0.4 is 4.72 Å². The molecule has 0 radical (unpaired) electrons. The van der Waals surface area contributed by atoms with Crippen LogP contribution in [0.1, 0.15) is 12.0 Å². The lowest BCUT2D eigenvalue weighted by molar-refractivity contribution is 0.600. The number of nitrogens with one attached hydrogen (secondary N) is 1. The number of hydrogen-bond acceptors (Lipinski definition) is 3. The zero-order valence-corrected chi connectivity index (χ0v) is 11.0. The summed E-state index contributed by atoms with van der Waals surface area (Å²) in [6.45, 7) is 1.76. The molecule has 7 heteroatoms. The van der Waals surface area contributed by atoms with Gasteiger partial charge in [0.1, 0.15) is 5.15 Å². The Morgan fingerprint density at radius 1 is 1.50 bits per heavy atom. The normalized spacial score (nSPS) is 11.4. The fourth-order valence-corrected chi connectivity index (χ4v) is 2.58. The van der Waals surface area contributed by atoms with Gasteiger partial charge in [-0.15, -0.1) is 11.6 Å². The van der Waals surface area contributed by atoms with Crippen molar-refractivity contribution in [3.8, 4) is 0 Å². The van der Waals surface area contributed by atoms with Crippen LogP contribution in [0, 0.1) is 6.92 Å². The quantitative estimate of drug-likeness (QED) is 0.667. The molecule has 0 saturated carbocycles. The molecule has 0 saturated heterocycles. The number of hydrogen-bond donors (Lipinski definition) is 1. The van der Waals surface area contributed by atoms with Crippen molar-refractivity contribution in [1.29, 1.82) is 0 Å². The average Bonchev–Trinajstić information content (AvgIpc) is 2.20. The van der Waals surface area contributed by atoms with E-state index >= 15 is 0 Å². The van der Waals surface area contributed by atoms with Crippen molar-refractivity contribution in [2.45, 2.75) is 13.3 Å². The van der Waals surface area contributed by atoms with Gasteiger partial charge in [-0.3, -0.25) is 4.72 Å². The second-order valence-electron chi connectivity index (χ2n) is 3.30. The summed E-state index contributed by atoms with van der Waals surface area (Å²) in [7, 11) is -3.34. The van der Waals surface area contributed by atoms with E-state index < -0.39 is 10.0 Å². The molecule has 0 unspecified atom stereocenters. The summed E-state index contributed by atoms with van der Waals surface area (Å²) in [4.78, 5) is 3.86. The summed E-state index contributed by atoms with van der Waals surface area (Å²) < 4.78 is 25.5. The third-order valence-corrected chi connectivity index (χ3v) is 3.87. The number of rotatable bonds is 5. The van der Waals surface area contributed by atoms with Gasteiger partial charge in [-0.25, -0.2) is 13.4 Å². The standard InChI is InChI=1S/C9H12Cl2N2O2S/c1-7-5-8(6-12-9(7)11)13-16(14,15)4-2-3-10/h5-6,13H,2-4H2,1H3. The molecular formula is C9H12Cl2N2O2S. The van der Waals surface area contributed by atoms with E-state index in [2.05, 4.69) is 9.71 Å². The molecule has 1 aromatic rings. The third-order valence-electron chi connectivity index (χ3n) is 1.83. The Labute approximate surface area is 105 Å². The fourth-order valence-electron chi connectivity index (χ4n) is 1.09. The summed E-state index contributed by atoms with van der Waals surface area (Å²) in [5.74, 6) is 0.316. The van der Waals surface area contributed by atoms with Gasteiger partial charge in [0.05, 0.1) is 17.6 Å². The lowest BCUT2D eigenvalue weighted by Crippen LogP contribution is -2.17. The van der Waals surface area contributed by atoms with Gasteiger partial charge in [0.25, 0.3) is 0 Å². The first kappa shape index (κ1) is 13.5. The van der Waals surface area contributed by atoms with Crippen LogP contribution in [-0.2, 0) is 10.0 Å². The molecule has 0 fully saturated rings. The summed E-state index contributed by atoms with van der Waals surface area (Å²) in [5, 5.41) is 0.365. The zero-order valence-electron chi connectivity index (χ0n) is 8.70. The molecule has 1 N–H and O–H groups in total. The number of halogens is 2. The van der Waals surface area contributed by atoms with E-state index in [-0.39, 0.29) is 5.75 Å². The van der Waals surface area contributed by atoms with Crippen molar-refractivity contribution < 1.29 is 8.42 Å². The maximum atomic E-state index is 11.5. The molecule has 0 bridgehead atoms. The predicted molar refractivity (Wildman–Crippen MR) is 66.7 cm³/mol. The van der Waals surface area contributed by atoms with Crippen LogP contribution in [0.5, 0.6) is 0 Å².